The van der Waals surface area contributed by atoms with E-state index < -0.39 is 0 Å². The minimum Gasteiger partial charge on any atom is -0.493 e. The van der Waals surface area contributed by atoms with Crippen molar-refractivity contribution in [2.45, 2.75) is 11.4 Å². The number of benzene rings is 3. The molecule has 4 aromatic rings. The van der Waals surface area contributed by atoms with E-state index >= 15 is 0 Å². The second kappa shape index (κ2) is 12.1. The Morgan fingerprint density at radius 3 is 2.23 bits per heavy atom. The van der Waals surface area contributed by atoms with Crippen LogP contribution in [0.1, 0.15) is 17.5 Å². The third kappa shape index (κ3) is 5.66. The number of rotatable bonds is 9. The molecule has 0 unspecified atom stereocenters. The van der Waals surface area contributed by atoms with E-state index in [9.17, 15) is 15.3 Å². The summed E-state index contributed by atoms with van der Waals surface area (Å²) < 4.78 is 16.3. The van der Waals surface area contributed by atoms with Crippen LogP contribution in [0, 0.1) is 22.7 Å². The number of carbonyl (C=O) groups is 1. The first kappa shape index (κ1) is 27.1. The largest absolute Gasteiger partial charge is 0.493 e. The normalized spacial score (nSPS) is 10.4. The highest BCUT2D eigenvalue weighted by Crippen LogP contribution is 2.44. The zero-order valence-corrected chi connectivity index (χ0v) is 22.4. The molecule has 0 fully saturated rings. The van der Waals surface area contributed by atoms with Gasteiger partial charge in [-0.05, 0) is 40.6 Å². The number of nitriles is 2. The average molecular weight is 540 g/mol. The summed E-state index contributed by atoms with van der Waals surface area (Å²) in [6.07, 6.45) is 0.170. The molecule has 10 heteroatoms. The van der Waals surface area contributed by atoms with E-state index in [1.54, 1.807) is 12.1 Å². The van der Waals surface area contributed by atoms with Gasteiger partial charge < -0.3 is 25.3 Å². The molecule has 1 aromatic heterocycles. The number of hydrogen-bond donors (Lipinski definition) is 2. The molecule has 3 N–H and O–H groups in total. The molecule has 1 heterocycles. The zero-order valence-electron chi connectivity index (χ0n) is 21.6. The van der Waals surface area contributed by atoms with Gasteiger partial charge in [-0.3, -0.25) is 4.79 Å². The monoisotopic (exact) mass is 539 g/mol. The first-order valence-corrected chi connectivity index (χ1v) is 12.8. The number of thioether (sulfide) groups is 1. The zero-order chi connectivity index (χ0) is 27.9. The van der Waals surface area contributed by atoms with Gasteiger partial charge in [0, 0.05) is 23.4 Å². The number of nitrogens with zero attached hydrogens (tertiary/aromatic N) is 3. The molecule has 3 aromatic carbocycles. The first-order valence-electron chi connectivity index (χ1n) is 11.8. The molecule has 0 aliphatic rings. The van der Waals surface area contributed by atoms with Gasteiger partial charge in [-0.1, -0.05) is 30.3 Å². The summed E-state index contributed by atoms with van der Waals surface area (Å²) >= 11 is 1.21. The summed E-state index contributed by atoms with van der Waals surface area (Å²) in [5.74, 6) is 1.21. The molecule has 0 aliphatic carbocycles. The first-order chi connectivity index (χ1) is 18.9. The number of nitrogens with two attached hydrogens (primary N) is 1. The standard InChI is InChI=1S/C29H25N5O4S/c1-36-23-13-19(14-24(37-2)27(23)38-3)26-21(15-30)28(32)34-29(22(26)16-31)39-11-10-25(35)33-20-9-8-17-6-4-5-7-18(17)12-20/h4-9,12-14H,10-11H2,1-3H3,(H2,32,34)(H,33,35). The van der Waals surface area contributed by atoms with Crippen molar-refractivity contribution in [3.8, 4) is 40.5 Å². The number of amides is 1. The van der Waals surface area contributed by atoms with Gasteiger partial charge in [-0.15, -0.1) is 11.8 Å². The van der Waals surface area contributed by atoms with E-state index in [1.165, 1.54) is 33.1 Å². The molecule has 9 nitrogen and oxygen atoms in total. The highest BCUT2D eigenvalue weighted by Gasteiger charge is 2.23. The fraction of sp³-hybridized carbons (Fsp3) is 0.172. The van der Waals surface area contributed by atoms with Crippen molar-refractivity contribution >= 4 is 39.9 Å². The third-order valence-electron chi connectivity index (χ3n) is 5.97. The van der Waals surface area contributed by atoms with Crippen LogP contribution in [0.5, 0.6) is 17.2 Å². The molecular weight excluding hydrogens is 514 g/mol. The summed E-state index contributed by atoms with van der Waals surface area (Å²) in [5.41, 5.74) is 7.84. The van der Waals surface area contributed by atoms with E-state index in [0.29, 0.717) is 44.8 Å². The summed E-state index contributed by atoms with van der Waals surface area (Å²) in [6, 6.07) is 21.1. The lowest BCUT2D eigenvalue weighted by atomic mass is 9.96. The van der Waals surface area contributed by atoms with Gasteiger partial charge in [-0.25, -0.2) is 4.98 Å². The second-order valence-corrected chi connectivity index (χ2v) is 9.36. The minimum atomic E-state index is -0.178. The van der Waals surface area contributed by atoms with Crippen molar-refractivity contribution in [3.05, 3.63) is 65.7 Å². The summed E-state index contributed by atoms with van der Waals surface area (Å²) in [7, 11) is 4.43. The van der Waals surface area contributed by atoms with Crippen molar-refractivity contribution in [1.29, 1.82) is 10.5 Å². The number of hydrogen-bond acceptors (Lipinski definition) is 9. The van der Waals surface area contributed by atoms with Crippen LogP contribution in [0.25, 0.3) is 21.9 Å². The fourth-order valence-corrected chi connectivity index (χ4v) is 5.08. The molecule has 4 rings (SSSR count). The Hall–Kier alpha value is -4.93. The summed E-state index contributed by atoms with van der Waals surface area (Å²) in [4.78, 5) is 16.9. The number of fused-ring (bicyclic) bond motifs is 1. The molecule has 39 heavy (non-hydrogen) atoms. The molecule has 0 saturated heterocycles. The number of aromatic nitrogens is 1. The maximum absolute atomic E-state index is 12.6. The van der Waals surface area contributed by atoms with Crippen molar-refractivity contribution in [3.63, 3.8) is 0 Å². The Morgan fingerprint density at radius 2 is 1.62 bits per heavy atom. The molecule has 0 saturated carbocycles. The Bertz CT molecular complexity index is 1620. The van der Waals surface area contributed by atoms with E-state index in [2.05, 4.69) is 22.4 Å². The van der Waals surface area contributed by atoms with Crippen molar-refractivity contribution in [2.24, 2.45) is 0 Å². The molecule has 0 radical (unpaired) electrons. The number of methoxy groups -OCH3 is 3. The molecular formula is C29H25N5O4S. The Balaban J connectivity index is 1.60. The molecule has 196 valence electrons. The predicted octanol–water partition coefficient (Wildman–Crippen LogP) is 5.37. The minimum absolute atomic E-state index is 0.0247. The lowest BCUT2D eigenvalue weighted by Gasteiger charge is -2.17. The van der Waals surface area contributed by atoms with Crippen molar-refractivity contribution < 1.29 is 19.0 Å². The van der Waals surface area contributed by atoms with Gasteiger partial charge in [0.05, 0.1) is 26.9 Å². The summed E-state index contributed by atoms with van der Waals surface area (Å²) in [5, 5.41) is 25.3. The number of nitrogen functional groups attached to an aromatic ring is 1. The molecule has 0 spiro atoms. The van der Waals surface area contributed by atoms with E-state index in [1.807, 2.05) is 42.5 Å². The quantitative estimate of drug-likeness (QED) is 0.268. The van der Waals surface area contributed by atoms with Crippen LogP contribution in [-0.2, 0) is 4.79 Å². The average Bonchev–Trinajstić information content (AvgIpc) is 2.95. The third-order valence-corrected chi connectivity index (χ3v) is 6.95. The van der Waals surface area contributed by atoms with Crippen LogP contribution in [0.2, 0.25) is 0 Å². The molecule has 0 bridgehead atoms. The van der Waals surface area contributed by atoms with E-state index in [4.69, 9.17) is 19.9 Å². The Labute approximate surface area is 230 Å². The number of nitrogens with one attached hydrogen (secondary N) is 1. The van der Waals surface area contributed by atoms with Crippen LogP contribution < -0.4 is 25.3 Å². The number of carbonyl (C=O) groups excluding carboxylic acids is 1. The van der Waals surface area contributed by atoms with Gasteiger partial charge in [0.25, 0.3) is 0 Å². The van der Waals surface area contributed by atoms with E-state index in [0.717, 1.165) is 10.8 Å². The van der Waals surface area contributed by atoms with Gasteiger partial charge in [0.15, 0.2) is 11.5 Å². The lowest BCUT2D eigenvalue weighted by Crippen LogP contribution is -2.12. The topological polar surface area (TPSA) is 143 Å². The smallest absolute Gasteiger partial charge is 0.225 e. The van der Waals surface area contributed by atoms with Gasteiger partial charge in [0.2, 0.25) is 11.7 Å². The van der Waals surface area contributed by atoms with E-state index in [-0.39, 0.29) is 29.3 Å². The van der Waals surface area contributed by atoms with Crippen molar-refractivity contribution in [1.82, 2.24) is 4.98 Å². The second-order valence-electron chi connectivity index (χ2n) is 8.27. The number of pyridine rings is 1. The van der Waals surface area contributed by atoms with Crippen LogP contribution in [0.3, 0.4) is 0 Å². The van der Waals surface area contributed by atoms with Crippen LogP contribution in [0.4, 0.5) is 11.5 Å². The van der Waals surface area contributed by atoms with Gasteiger partial charge in [-0.2, -0.15) is 10.5 Å². The molecule has 0 aliphatic heterocycles. The number of anilines is 2. The fourth-order valence-electron chi connectivity index (χ4n) is 4.15. The van der Waals surface area contributed by atoms with Gasteiger partial charge >= 0.3 is 0 Å². The highest BCUT2D eigenvalue weighted by atomic mass is 32.2. The number of ether oxygens (including phenoxy) is 3. The van der Waals surface area contributed by atoms with Crippen LogP contribution >= 0.6 is 11.8 Å². The Kier molecular flexibility index (Phi) is 8.40. The van der Waals surface area contributed by atoms with Crippen molar-refractivity contribution in [2.75, 3.05) is 38.1 Å². The molecule has 1 amide bonds. The van der Waals surface area contributed by atoms with Gasteiger partial charge in [0.1, 0.15) is 28.5 Å². The maximum Gasteiger partial charge on any atom is 0.225 e. The SMILES string of the molecule is COc1cc(-c2c(C#N)c(N)nc(SCCC(=O)Nc3ccc4ccccc4c3)c2C#N)cc(OC)c1OC. The van der Waals surface area contributed by atoms with Crippen LogP contribution in [-0.4, -0.2) is 38.0 Å². The lowest BCUT2D eigenvalue weighted by molar-refractivity contribution is -0.115. The predicted molar refractivity (Wildman–Crippen MR) is 151 cm³/mol. The maximum atomic E-state index is 12.6. The Morgan fingerprint density at radius 1 is 0.949 bits per heavy atom. The van der Waals surface area contributed by atoms with Crippen LogP contribution in [0.15, 0.2) is 59.6 Å². The highest BCUT2D eigenvalue weighted by molar-refractivity contribution is 7.99. The molecule has 0 atom stereocenters. The summed E-state index contributed by atoms with van der Waals surface area (Å²) in [6.45, 7) is 0.